The maximum atomic E-state index is 11.8. The zero-order chi connectivity index (χ0) is 11.5. The Morgan fingerprint density at radius 1 is 1.44 bits per heavy atom. The van der Waals surface area contributed by atoms with Gasteiger partial charge in [0.1, 0.15) is 0 Å². The van der Waals surface area contributed by atoms with Crippen LogP contribution in [0.1, 0.15) is 24.5 Å². The molecule has 1 aliphatic heterocycles. The first kappa shape index (κ1) is 11.6. The van der Waals surface area contributed by atoms with Crippen LogP contribution in [0.4, 0.5) is 0 Å². The highest BCUT2D eigenvalue weighted by Gasteiger charge is 2.23. The van der Waals surface area contributed by atoms with Crippen molar-refractivity contribution in [1.82, 2.24) is 4.90 Å². The zero-order valence-corrected chi connectivity index (χ0v) is 11.0. The summed E-state index contributed by atoms with van der Waals surface area (Å²) in [7, 11) is 0. The van der Waals surface area contributed by atoms with Crippen molar-refractivity contribution in [2.75, 3.05) is 5.33 Å². The Morgan fingerprint density at radius 3 is 2.81 bits per heavy atom. The molecule has 0 aliphatic carbocycles. The van der Waals surface area contributed by atoms with Crippen molar-refractivity contribution in [2.24, 2.45) is 0 Å². The number of benzene rings is 1. The number of hydrogen-bond acceptors (Lipinski definition) is 1. The van der Waals surface area contributed by atoms with Crippen molar-refractivity contribution in [2.45, 2.75) is 32.4 Å². The fourth-order valence-electron chi connectivity index (χ4n) is 2.23. The van der Waals surface area contributed by atoms with E-state index in [-0.39, 0.29) is 5.91 Å². The number of rotatable bonds is 1. The molecule has 3 heteroatoms. The highest BCUT2D eigenvalue weighted by Crippen LogP contribution is 2.22. The van der Waals surface area contributed by atoms with Gasteiger partial charge in [-0.3, -0.25) is 4.79 Å². The lowest BCUT2D eigenvalue weighted by Gasteiger charge is -2.26. The van der Waals surface area contributed by atoms with Crippen LogP contribution < -0.4 is 0 Å². The Bertz CT molecular complexity index is 391. The minimum Gasteiger partial charge on any atom is -0.335 e. The highest BCUT2D eigenvalue weighted by atomic mass is 79.9. The third-order valence-electron chi connectivity index (χ3n) is 3.26. The van der Waals surface area contributed by atoms with E-state index in [0.717, 1.165) is 19.4 Å². The van der Waals surface area contributed by atoms with Crippen LogP contribution in [0.5, 0.6) is 0 Å². The Hall–Kier alpha value is -0.830. The number of carbonyl (C=O) groups excluding carboxylic acids is 1. The fourth-order valence-corrected chi connectivity index (χ4v) is 2.55. The lowest BCUT2D eigenvalue weighted by atomic mass is 10.0. The van der Waals surface area contributed by atoms with E-state index in [9.17, 15) is 4.79 Å². The molecule has 1 amide bonds. The van der Waals surface area contributed by atoms with Crippen LogP contribution in [0, 0.1) is 0 Å². The third kappa shape index (κ3) is 2.29. The minimum atomic E-state index is 0.184. The second kappa shape index (κ2) is 5.00. The van der Waals surface area contributed by atoms with Crippen molar-refractivity contribution in [3.05, 3.63) is 35.4 Å². The summed E-state index contributed by atoms with van der Waals surface area (Å²) < 4.78 is 0. The molecule has 0 aromatic heterocycles. The van der Waals surface area contributed by atoms with Gasteiger partial charge < -0.3 is 4.90 Å². The molecule has 1 aliphatic rings. The molecule has 0 unspecified atom stereocenters. The molecule has 2 rings (SSSR count). The monoisotopic (exact) mass is 281 g/mol. The van der Waals surface area contributed by atoms with E-state index in [1.807, 2.05) is 11.0 Å². The first-order chi connectivity index (χ1) is 7.72. The predicted octanol–water partition coefficient (Wildman–Crippen LogP) is 2.74. The summed E-state index contributed by atoms with van der Waals surface area (Å²) in [6.45, 7) is 2.88. The molecule has 0 radical (unpaired) electrons. The van der Waals surface area contributed by atoms with Crippen LogP contribution in [-0.4, -0.2) is 22.2 Å². The standard InChI is InChI=1S/C13H16BrNO/c1-10-6-7-11-4-2-3-5-12(11)9-15(10)13(16)8-14/h2-5,10H,6-9H2,1H3/t10-/m1/s1. The summed E-state index contributed by atoms with van der Waals surface area (Å²) in [5, 5.41) is 0.416. The van der Waals surface area contributed by atoms with Gasteiger partial charge in [-0.05, 0) is 30.9 Å². The van der Waals surface area contributed by atoms with Crippen LogP contribution in [0.3, 0.4) is 0 Å². The van der Waals surface area contributed by atoms with Crippen LogP contribution in [0.15, 0.2) is 24.3 Å². The van der Waals surface area contributed by atoms with E-state index < -0.39 is 0 Å². The largest absolute Gasteiger partial charge is 0.335 e. The molecule has 0 N–H and O–H groups in total. The van der Waals surface area contributed by atoms with Crippen molar-refractivity contribution >= 4 is 21.8 Å². The molecule has 1 heterocycles. The van der Waals surface area contributed by atoms with Gasteiger partial charge in [0.15, 0.2) is 0 Å². The predicted molar refractivity (Wildman–Crippen MR) is 68.6 cm³/mol. The lowest BCUT2D eigenvalue weighted by Crippen LogP contribution is -2.37. The van der Waals surface area contributed by atoms with E-state index in [1.54, 1.807) is 0 Å². The first-order valence-corrected chi connectivity index (χ1v) is 6.76. The molecule has 0 fully saturated rings. The Labute approximate surface area is 105 Å². The van der Waals surface area contributed by atoms with Gasteiger partial charge >= 0.3 is 0 Å². The average molecular weight is 282 g/mol. The van der Waals surface area contributed by atoms with E-state index >= 15 is 0 Å². The van der Waals surface area contributed by atoms with Gasteiger partial charge in [0, 0.05) is 12.6 Å². The number of alkyl halides is 1. The topological polar surface area (TPSA) is 20.3 Å². The minimum absolute atomic E-state index is 0.184. The first-order valence-electron chi connectivity index (χ1n) is 5.64. The summed E-state index contributed by atoms with van der Waals surface area (Å²) >= 11 is 3.25. The maximum absolute atomic E-state index is 11.8. The number of aryl methyl sites for hydroxylation is 1. The summed E-state index contributed by atoms with van der Waals surface area (Å²) in [6, 6.07) is 8.75. The number of halogens is 1. The quantitative estimate of drug-likeness (QED) is 0.725. The summed E-state index contributed by atoms with van der Waals surface area (Å²) in [5.74, 6) is 0.184. The van der Waals surface area contributed by atoms with Gasteiger partial charge in [0.2, 0.25) is 5.91 Å². The Kier molecular flexibility index (Phi) is 3.64. The molecule has 0 saturated heterocycles. The second-order valence-electron chi connectivity index (χ2n) is 4.31. The fraction of sp³-hybridized carbons (Fsp3) is 0.462. The molecule has 1 atom stereocenters. The number of carbonyl (C=O) groups is 1. The van der Waals surface area contributed by atoms with Gasteiger partial charge in [-0.15, -0.1) is 0 Å². The zero-order valence-electron chi connectivity index (χ0n) is 9.45. The van der Waals surface area contributed by atoms with Gasteiger partial charge in [-0.1, -0.05) is 40.2 Å². The maximum Gasteiger partial charge on any atom is 0.233 e. The molecule has 86 valence electrons. The van der Waals surface area contributed by atoms with Crippen LogP contribution >= 0.6 is 15.9 Å². The van der Waals surface area contributed by atoms with Crippen molar-refractivity contribution < 1.29 is 4.79 Å². The van der Waals surface area contributed by atoms with Gasteiger partial charge in [-0.25, -0.2) is 0 Å². The molecular formula is C13H16BrNO. The molecular weight excluding hydrogens is 266 g/mol. The number of hydrogen-bond donors (Lipinski definition) is 0. The van der Waals surface area contributed by atoms with E-state index in [4.69, 9.17) is 0 Å². The SMILES string of the molecule is C[C@@H]1CCc2ccccc2CN1C(=O)CBr. The Morgan fingerprint density at radius 2 is 2.12 bits per heavy atom. The smallest absolute Gasteiger partial charge is 0.233 e. The van der Waals surface area contributed by atoms with Crippen molar-refractivity contribution in [3.63, 3.8) is 0 Å². The summed E-state index contributed by atoms with van der Waals surface area (Å²) in [6.07, 6.45) is 2.12. The average Bonchev–Trinajstić information content (AvgIpc) is 2.48. The third-order valence-corrected chi connectivity index (χ3v) is 3.74. The summed E-state index contributed by atoms with van der Waals surface area (Å²) in [4.78, 5) is 13.8. The van der Waals surface area contributed by atoms with Crippen LogP contribution in [-0.2, 0) is 17.8 Å². The molecule has 2 nitrogen and oxygen atoms in total. The molecule has 0 spiro atoms. The molecule has 1 aromatic rings. The number of nitrogens with zero attached hydrogens (tertiary/aromatic N) is 1. The Balaban J connectivity index is 2.27. The van der Waals surface area contributed by atoms with Crippen LogP contribution in [0.25, 0.3) is 0 Å². The van der Waals surface area contributed by atoms with E-state index in [0.29, 0.717) is 11.4 Å². The molecule has 0 bridgehead atoms. The molecule has 0 saturated carbocycles. The normalized spacial score (nSPS) is 20.1. The van der Waals surface area contributed by atoms with Gasteiger partial charge in [0.05, 0.1) is 5.33 Å². The highest BCUT2D eigenvalue weighted by molar-refractivity contribution is 9.09. The second-order valence-corrected chi connectivity index (χ2v) is 4.87. The van der Waals surface area contributed by atoms with E-state index in [2.05, 4.69) is 41.1 Å². The van der Waals surface area contributed by atoms with Crippen molar-refractivity contribution in [1.29, 1.82) is 0 Å². The van der Waals surface area contributed by atoms with Gasteiger partial charge in [0.25, 0.3) is 0 Å². The number of fused-ring (bicyclic) bond motifs is 1. The summed E-state index contributed by atoms with van der Waals surface area (Å²) in [5.41, 5.74) is 2.68. The number of amides is 1. The van der Waals surface area contributed by atoms with Gasteiger partial charge in [-0.2, -0.15) is 0 Å². The molecule has 16 heavy (non-hydrogen) atoms. The van der Waals surface area contributed by atoms with E-state index in [1.165, 1.54) is 11.1 Å². The molecule has 1 aromatic carbocycles. The lowest BCUT2D eigenvalue weighted by molar-refractivity contribution is -0.130. The van der Waals surface area contributed by atoms with Crippen LogP contribution in [0.2, 0.25) is 0 Å². The van der Waals surface area contributed by atoms with Crippen molar-refractivity contribution in [3.8, 4) is 0 Å².